The van der Waals surface area contributed by atoms with Gasteiger partial charge in [-0.3, -0.25) is 0 Å². The molecule has 0 aliphatic rings. The highest BCUT2D eigenvalue weighted by Crippen LogP contribution is 2.14. The number of H-pyrrole nitrogens is 1. The molecular weight excluding hydrogens is 298 g/mol. The molecule has 0 radical (unpaired) electrons. The Labute approximate surface area is 120 Å². The van der Waals surface area contributed by atoms with Crippen LogP contribution in [0.1, 0.15) is 16.9 Å². The summed E-state index contributed by atoms with van der Waals surface area (Å²) in [4.78, 5) is 7.09. The number of aliphatic hydroxyl groups excluding tert-OH is 1. The number of aromatic nitrogens is 2. The molecule has 0 saturated heterocycles. The molecular formula is C12H13N3O3S2. The van der Waals surface area contributed by atoms with Gasteiger partial charge in [0.15, 0.2) is 5.03 Å². The van der Waals surface area contributed by atoms with Gasteiger partial charge in [0, 0.05) is 28.8 Å². The average Bonchev–Trinajstić information content (AvgIpc) is 3.09. The van der Waals surface area contributed by atoms with Gasteiger partial charge in [0.1, 0.15) is 0 Å². The molecule has 2 rings (SSSR count). The van der Waals surface area contributed by atoms with Crippen molar-refractivity contribution >= 4 is 21.4 Å². The first-order valence-corrected chi connectivity index (χ1v) is 8.13. The lowest BCUT2D eigenvalue weighted by Gasteiger charge is -2.02. The summed E-state index contributed by atoms with van der Waals surface area (Å²) in [7, 11) is -3.56. The molecule has 0 aliphatic carbocycles. The summed E-state index contributed by atoms with van der Waals surface area (Å²) >= 11 is 1.43. The van der Waals surface area contributed by atoms with E-state index in [9.17, 15) is 8.42 Å². The molecule has 0 bridgehead atoms. The summed E-state index contributed by atoms with van der Waals surface area (Å²) < 4.78 is 26.2. The van der Waals surface area contributed by atoms with Crippen LogP contribution < -0.4 is 4.72 Å². The van der Waals surface area contributed by atoms with Gasteiger partial charge in [-0.2, -0.15) is 0 Å². The van der Waals surface area contributed by atoms with E-state index in [1.807, 2.05) is 11.4 Å². The first-order chi connectivity index (χ1) is 9.62. The Bertz CT molecular complexity index is 709. The smallest absolute Gasteiger partial charge is 0.257 e. The maximum Gasteiger partial charge on any atom is 0.257 e. The number of sulfonamides is 1. The van der Waals surface area contributed by atoms with Crippen LogP contribution >= 0.6 is 11.3 Å². The van der Waals surface area contributed by atoms with Crippen LogP contribution in [0.25, 0.3) is 0 Å². The quantitative estimate of drug-likeness (QED) is 0.708. The standard InChI is InChI=1S/C12H13N3O3S2/c16-4-2-1-3-10-5-11(19-8-10)6-15-20(17,18)12-7-13-9-14-12/h5,7-9,15-16H,2,4,6H2,(H,13,14). The van der Waals surface area contributed by atoms with E-state index in [1.54, 1.807) is 0 Å². The zero-order valence-electron chi connectivity index (χ0n) is 10.5. The Morgan fingerprint density at radius 3 is 3.05 bits per heavy atom. The number of aromatic amines is 1. The highest BCUT2D eigenvalue weighted by Gasteiger charge is 2.15. The van der Waals surface area contributed by atoms with E-state index in [0.717, 1.165) is 10.4 Å². The molecule has 6 nitrogen and oxygen atoms in total. The van der Waals surface area contributed by atoms with Crippen molar-refractivity contribution in [3.8, 4) is 11.8 Å². The maximum absolute atomic E-state index is 11.9. The summed E-state index contributed by atoms with van der Waals surface area (Å²) in [6, 6.07) is 1.82. The van der Waals surface area contributed by atoms with Crippen molar-refractivity contribution in [2.45, 2.75) is 18.0 Å². The molecule has 8 heteroatoms. The Hall–Kier alpha value is -1.66. The summed E-state index contributed by atoms with van der Waals surface area (Å²) in [6.07, 6.45) is 2.99. The van der Waals surface area contributed by atoms with Crippen molar-refractivity contribution in [2.75, 3.05) is 6.61 Å². The minimum atomic E-state index is -3.56. The van der Waals surface area contributed by atoms with Crippen molar-refractivity contribution in [2.24, 2.45) is 0 Å². The number of hydrogen-bond acceptors (Lipinski definition) is 5. The van der Waals surface area contributed by atoms with Crippen LogP contribution in [0, 0.1) is 11.8 Å². The van der Waals surface area contributed by atoms with Crippen LogP contribution in [0.4, 0.5) is 0 Å². The summed E-state index contributed by atoms with van der Waals surface area (Å²) in [5.74, 6) is 5.71. The van der Waals surface area contributed by atoms with Gasteiger partial charge in [-0.15, -0.1) is 11.3 Å². The highest BCUT2D eigenvalue weighted by atomic mass is 32.2. The predicted molar refractivity (Wildman–Crippen MR) is 75.5 cm³/mol. The average molecular weight is 311 g/mol. The van der Waals surface area contributed by atoms with Gasteiger partial charge < -0.3 is 10.1 Å². The molecule has 0 aliphatic heterocycles. The van der Waals surface area contributed by atoms with Crippen LogP contribution in [-0.2, 0) is 16.6 Å². The van der Waals surface area contributed by atoms with E-state index in [-0.39, 0.29) is 18.2 Å². The van der Waals surface area contributed by atoms with Crippen molar-refractivity contribution in [3.63, 3.8) is 0 Å². The molecule has 3 N–H and O–H groups in total. The summed E-state index contributed by atoms with van der Waals surface area (Å²) in [5.41, 5.74) is 0.819. The van der Waals surface area contributed by atoms with Gasteiger partial charge in [-0.05, 0) is 6.07 Å². The number of nitrogens with zero attached hydrogens (tertiary/aromatic N) is 1. The van der Waals surface area contributed by atoms with Gasteiger partial charge in [-0.25, -0.2) is 18.1 Å². The largest absolute Gasteiger partial charge is 0.395 e. The van der Waals surface area contributed by atoms with Crippen molar-refractivity contribution < 1.29 is 13.5 Å². The number of aliphatic hydroxyl groups is 1. The third kappa shape index (κ3) is 3.91. The molecule has 0 unspecified atom stereocenters. The molecule has 0 aromatic carbocycles. The van der Waals surface area contributed by atoms with E-state index in [1.165, 1.54) is 23.9 Å². The van der Waals surface area contributed by atoms with Gasteiger partial charge in [0.05, 0.1) is 19.1 Å². The van der Waals surface area contributed by atoms with E-state index in [0.29, 0.717) is 6.42 Å². The Morgan fingerprint density at radius 2 is 2.35 bits per heavy atom. The van der Waals surface area contributed by atoms with E-state index >= 15 is 0 Å². The highest BCUT2D eigenvalue weighted by molar-refractivity contribution is 7.89. The maximum atomic E-state index is 11.9. The van der Waals surface area contributed by atoms with Gasteiger partial charge in [-0.1, -0.05) is 11.8 Å². The number of thiophene rings is 1. The molecule has 0 fully saturated rings. The number of hydrogen-bond donors (Lipinski definition) is 3. The zero-order chi connectivity index (χ0) is 14.4. The van der Waals surface area contributed by atoms with Gasteiger partial charge >= 0.3 is 0 Å². The molecule has 0 spiro atoms. The molecule has 2 aromatic rings. The normalized spacial score (nSPS) is 11.1. The fourth-order valence-corrected chi connectivity index (χ4v) is 3.15. The lowest BCUT2D eigenvalue weighted by Crippen LogP contribution is -2.23. The second-order valence-electron chi connectivity index (χ2n) is 3.82. The molecule has 2 heterocycles. The number of nitrogens with one attached hydrogen (secondary N) is 2. The van der Waals surface area contributed by atoms with Crippen molar-refractivity contribution in [3.05, 3.63) is 34.4 Å². The van der Waals surface area contributed by atoms with Gasteiger partial charge in [0.2, 0.25) is 0 Å². The van der Waals surface area contributed by atoms with Crippen LogP contribution in [0.3, 0.4) is 0 Å². The topological polar surface area (TPSA) is 95.1 Å². The van der Waals surface area contributed by atoms with Crippen LogP contribution in [-0.4, -0.2) is 30.1 Å². The van der Waals surface area contributed by atoms with Gasteiger partial charge in [0.25, 0.3) is 10.0 Å². The summed E-state index contributed by atoms with van der Waals surface area (Å²) in [5, 5.41) is 10.5. The van der Waals surface area contributed by atoms with E-state index < -0.39 is 10.0 Å². The Morgan fingerprint density at radius 1 is 1.50 bits per heavy atom. The predicted octanol–water partition coefficient (Wildman–Crippen LogP) is 0.684. The second kappa shape index (κ2) is 6.67. The monoisotopic (exact) mass is 311 g/mol. The molecule has 0 atom stereocenters. The van der Waals surface area contributed by atoms with E-state index in [2.05, 4.69) is 26.5 Å². The van der Waals surface area contributed by atoms with Crippen molar-refractivity contribution in [1.82, 2.24) is 14.7 Å². The van der Waals surface area contributed by atoms with E-state index in [4.69, 9.17) is 5.11 Å². The molecule has 0 saturated carbocycles. The zero-order valence-corrected chi connectivity index (χ0v) is 12.1. The minimum absolute atomic E-state index is 0.0357. The lowest BCUT2D eigenvalue weighted by molar-refractivity contribution is 0.305. The third-order valence-electron chi connectivity index (χ3n) is 2.32. The van der Waals surface area contributed by atoms with Crippen molar-refractivity contribution in [1.29, 1.82) is 0 Å². The lowest BCUT2D eigenvalue weighted by atomic mass is 10.3. The SMILES string of the molecule is O=S(=O)(NCc1cc(C#CCCO)cs1)c1cnc[nH]1. The molecule has 106 valence electrons. The Kier molecular flexibility index (Phi) is 4.92. The number of imidazole rings is 1. The molecule has 20 heavy (non-hydrogen) atoms. The fourth-order valence-electron chi connectivity index (χ4n) is 1.39. The minimum Gasteiger partial charge on any atom is -0.395 e. The second-order valence-corrected chi connectivity index (χ2v) is 6.55. The fraction of sp³-hybridized carbons (Fsp3) is 0.250. The molecule has 0 amide bonds. The van der Waals surface area contributed by atoms with Crippen LogP contribution in [0.2, 0.25) is 0 Å². The summed E-state index contributed by atoms with van der Waals surface area (Å²) in [6.45, 7) is 0.238. The Balaban J connectivity index is 1.97. The van der Waals surface area contributed by atoms with Crippen LogP contribution in [0.15, 0.2) is 29.0 Å². The molecule has 2 aromatic heterocycles. The first kappa shape index (κ1) is 14.7. The van der Waals surface area contributed by atoms with Crippen LogP contribution in [0.5, 0.6) is 0 Å². The number of rotatable bonds is 5. The third-order valence-corrected chi connectivity index (χ3v) is 4.59. The first-order valence-electron chi connectivity index (χ1n) is 5.77.